The third-order valence-electron chi connectivity index (χ3n) is 2.88. The maximum Gasteiger partial charge on any atom is 0.254 e. The summed E-state index contributed by atoms with van der Waals surface area (Å²) < 4.78 is 0. The Morgan fingerprint density at radius 1 is 1.67 bits per heavy atom. The van der Waals surface area contributed by atoms with Crippen molar-refractivity contribution in [1.29, 1.82) is 0 Å². The second-order valence-electron chi connectivity index (χ2n) is 3.89. The van der Waals surface area contributed by atoms with Crippen molar-refractivity contribution in [1.82, 2.24) is 10.2 Å². The molecule has 1 aliphatic heterocycles. The van der Waals surface area contributed by atoms with Gasteiger partial charge in [0.25, 0.3) is 5.91 Å². The average molecular weight is 224 g/mol. The van der Waals surface area contributed by atoms with Crippen LogP contribution in [0, 0.1) is 0 Å². The molecule has 1 atom stereocenters. The Labute approximate surface area is 94.1 Å². The van der Waals surface area contributed by atoms with Crippen molar-refractivity contribution in [3.05, 3.63) is 22.4 Å². The molecule has 2 rings (SSSR count). The van der Waals surface area contributed by atoms with Crippen LogP contribution in [0.25, 0.3) is 0 Å². The number of carbonyl (C=O) groups is 1. The fraction of sp³-hybridized carbons (Fsp3) is 0.545. The molecule has 0 aromatic carbocycles. The van der Waals surface area contributed by atoms with E-state index in [2.05, 4.69) is 5.32 Å². The van der Waals surface area contributed by atoms with E-state index in [-0.39, 0.29) is 5.91 Å². The van der Waals surface area contributed by atoms with Crippen LogP contribution in [0.3, 0.4) is 0 Å². The van der Waals surface area contributed by atoms with E-state index in [0.717, 1.165) is 25.1 Å². The SMILES string of the molecule is CNC1CCCN(C(=O)c2ccsc2)C1. The molecule has 1 amide bonds. The highest BCUT2D eigenvalue weighted by Crippen LogP contribution is 2.15. The molecule has 0 radical (unpaired) electrons. The van der Waals surface area contributed by atoms with Gasteiger partial charge in [-0.3, -0.25) is 4.79 Å². The number of amides is 1. The standard InChI is InChI=1S/C11H16N2OS/c1-12-10-3-2-5-13(7-10)11(14)9-4-6-15-8-9/h4,6,8,10,12H,2-3,5,7H2,1H3. The number of likely N-dealkylation sites (N-methyl/N-ethyl adjacent to an activating group) is 1. The highest BCUT2D eigenvalue weighted by molar-refractivity contribution is 7.08. The number of piperidine rings is 1. The van der Waals surface area contributed by atoms with E-state index in [0.29, 0.717) is 6.04 Å². The summed E-state index contributed by atoms with van der Waals surface area (Å²) in [4.78, 5) is 14.0. The largest absolute Gasteiger partial charge is 0.337 e. The second-order valence-corrected chi connectivity index (χ2v) is 4.67. The van der Waals surface area contributed by atoms with E-state index in [9.17, 15) is 4.79 Å². The molecule has 1 unspecified atom stereocenters. The number of hydrogen-bond acceptors (Lipinski definition) is 3. The molecule has 1 aromatic rings. The number of nitrogens with one attached hydrogen (secondary N) is 1. The molecule has 82 valence electrons. The van der Waals surface area contributed by atoms with Gasteiger partial charge in [-0.1, -0.05) is 0 Å². The number of carbonyl (C=O) groups excluding carboxylic acids is 1. The van der Waals surface area contributed by atoms with Gasteiger partial charge < -0.3 is 10.2 Å². The van der Waals surface area contributed by atoms with Crippen LogP contribution in [-0.2, 0) is 0 Å². The Kier molecular flexibility index (Phi) is 3.38. The maximum atomic E-state index is 12.0. The summed E-state index contributed by atoms with van der Waals surface area (Å²) in [5, 5.41) is 7.12. The van der Waals surface area contributed by atoms with Gasteiger partial charge in [0.05, 0.1) is 5.56 Å². The van der Waals surface area contributed by atoms with Crippen LogP contribution in [0.5, 0.6) is 0 Å². The molecule has 2 heterocycles. The third kappa shape index (κ3) is 2.38. The highest BCUT2D eigenvalue weighted by Gasteiger charge is 2.23. The zero-order chi connectivity index (χ0) is 10.7. The molecule has 0 bridgehead atoms. The van der Waals surface area contributed by atoms with Crippen LogP contribution in [0.2, 0.25) is 0 Å². The van der Waals surface area contributed by atoms with Gasteiger partial charge in [-0.25, -0.2) is 0 Å². The van der Waals surface area contributed by atoms with Gasteiger partial charge in [0.1, 0.15) is 0 Å². The van der Waals surface area contributed by atoms with E-state index in [1.165, 1.54) is 6.42 Å². The Balaban J connectivity index is 2.01. The topological polar surface area (TPSA) is 32.3 Å². The summed E-state index contributed by atoms with van der Waals surface area (Å²) in [6.45, 7) is 1.73. The number of rotatable bonds is 2. The van der Waals surface area contributed by atoms with Gasteiger partial charge in [-0.15, -0.1) is 0 Å². The lowest BCUT2D eigenvalue weighted by Crippen LogP contribution is -2.46. The molecule has 4 heteroatoms. The Morgan fingerprint density at radius 2 is 2.53 bits per heavy atom. The minimum Gasteiger partial charge on any atom is -0.337 e. The van der Waals surface area contributed by atoms with Gasteiger partial charge in [0.15, 0.2) is 0 Å². The number of hydrogen-bond donors (Lipinski definition) is 1. The summed E-state index contributed by atoms with van der Waals surface area (Å²) >= 11 is 1.58. The Hall–Kier alpha value is -0.870. The molecule has 1 fully saturated rings. The summed E-state index contributed by atoms with van der Waals surface area (Å²) in [5.41, 5.74) is 0.830. The summed E-state index contributed by atoms with van der Waals surface area (Å²) in [7, 11) is 1.96. The predicted molar refractivity (Wildman–Crippen MR) is 62.3 cm³/mol. The summed E-state index contributed by atoms with van der Waals surface area (Å²) in [6.07, 6.45) is 2.27. The van der Waals surface area contributed by atoms with Crippen molar-refractivity contribution in [3.8, 4) is 0 Å². The van der Waals surface area contributed by atoms with Crippen LogP contribution in [0.1, 0.15) is 23.2 Å². The number of thiophene rings is 1. The van der Waals surface area contributed by atoms with Crippen molar-refractivity contribution in [2.75, 3.05) is 20.1 Å². The average Bonchev–Trinajstić information content (AvgIpc) is 2.81. The molecule has 15 heavy (non-hydrogen) atoms. The lowest BCUT2D eigenvalue weighted by Gasteiger charge is -2.32. The highest BCUT2D eigenvalue weighted by atomic mass is 32.1. The first kappa shape index (κ1) is 10.6. The minimum absolute atomic E-state index is 0.177. The minimum atomic E-state index is 0.177. The van der Waals surface area contributed by atoms with Crippen LogP contribution >= 0.6 is 11.3 Å². The molecular formula is C11H16N2OS. The van der Waals surface area contributed by atoms with Crippen LogP contribution in [0.4, 0.5) is 0 Å². The molecular weight excluding hydrogens is 208 g/mol. The van der Waals surface area contributed by atoms with E-state index in [4.69, 9.17) is 0 Å². The van der Waals surface area contributed by atoms with Crippen molar-refractivity contribution in [3.63, 3.8) is 0 Å². The van der Waals surface area contributed by atoms with Crippen LogP contribution < -0.4 is 5.32 Å². The number of likely N-dealkylation sites (tertiary alicyclic amines) is 1. The molecule has 1 saturated heterocycles. The van der Waals surface area contributed by atoms with Gasteiger partial charge in [-0.05, 0) is 31.3 Å². The third-order valence-corrected chi connectivity index (χ3v) is 3.57. The molecule has 0 saturated carbocycles. The van der Waals surface area contributed by atoms with Crippen LogP contribution in [0.15, 0.2) is 16.8 Å². The maximum absolute atomic E-state index is 12.0. The summed E-state index contributed by atoms with van der Waals surface area (Å²) in [5.74, 6) is 0.177. The Bertz CT molecular complexity index is 323. The quantitative estimate of drug-likeness (QED) is 0.827. The lowest BCUT2D eigenvalue weighted by molar-refractivity contribution is 0.0699. The first-order chi connectivity index (χ1) is 7.31. The molecule has 1 aliphatic rings. The zero-order valence-corrected chi connectivity index (χ0v) is 9.72. The fourth-order valence-electron chi connectivity index (χ4n) is 1.97. The smallest absolute Gasteiger partial charge is 0.254 e. The molecule has 0 spiro atoms. The fourth-order valence-corrected chi connectivity index (χ4v) is 2.60. The predicted octanol–water partition coefficient (Wildman–Crippen LogP) is 1.57. The lowest BCUT2D eigenvalue weighted by atomic mass is 10.1. The first-order valence-corrected chi connectivity index (χ1v) is 6.24. The summed E-state index contributed by atoms with van der Waals surface area (Å²) in [6, 6.07) is 2.36. The van der Waals surface area contributed by atoms with Crippen molar-refractivity contribution in [2.45, 2.75) is 18.9 Å². The first-order valence-electron chi connectivity index (χ1n) is 5.30. The molecule has 0 aliphatic carbocycles. The van der Waals surface area contributed by atoms with Gasteiger partial charge in [-0.2, -0.15) is 11.3 Å². The van der Waals surface area contributed by atoms with Crippen molar-refractivity contribution < 1.29 is 4.79 Å². The second kappa shape index (κ2) is 4.77. The zero-order valence-electron chi connectivity index (χ0n) is 8.90. The van der Waals surface area contributed by atoms with Gasteiger partial charge in [0.2, 0.25) is 0 Å². The normalized spacial score (nSPS) is 21.7. The van der Waals surface area contributed by atoms with E-state index in [1.54, 1.807) is 11.3 Å². The van der Waals surface area contributed by atoms with Crippen molar-refractivity contribution >= 4 is 17.2 Å². The van der Waals surface area contributed by atoms with E-state index in [1.807, 2.05) is 28.8 Å². The number of nitrogens with zero attached hydrogens (tertiary/aromatic N) is 1. The van der Waals surface area contributed by atoms with E-state index < -0.39 is 0 Å². The molecule has 3 nitrogen and oxygen atoms in total. The Morgan fingerprint density at radius 3 is 3.20 bits per heavy atom. The molecule has 1 N–H and O–H groups in total. The van der Waals surface area contributed by atoms with Gasteiger partial charge >= 0.3 is 0 Å². The van der Waals surface area contributed by atoms with Gasteiger partial charge in [0, 0.05) is 24.5 Å². The van der Waals surface area contributed by atoms with Crippen LogP contribution in [-0.4, -0.2) is 37.0 Å². The van der Waals surface area contributed by atoms with E-state index >= 15 is 0 Å². The molecule has 1 aromatic heterocycles. The monoisotopic (exact) mass is 224 g/mol. The van der Waals surface area contributed by atoms with Crippen molar-refractivity contribution in [2.24, 2.45) is 0 Å².